The molecular formula is C23H24N4O2S. The maximum atomic E-state index is 12.7. The average Bonchev–Trinajstić information content (AvgIpc) is 3.49. The molecule has 1 aromatic heterocycles. The number of hydrogen-bond acceptors (Lipinski definition) is 4. The van der Waals surface area contributed by atoms with E-state index < -0.39 is 0 Å². The van der Waals surface area contributed by atoms with E-state index in [9.17, 15) is 9.59 Å². The molecule has 0 spiro atoms. The van der Waals surface area contributed by atoms with Gasteiger partial charge in [0.15, 0.2) is 5.16 Å². The van der Waals surface area contributed by atoms with Crippen molar-refractivity contribution >= 4 is 29.3 Å². The number of imidazole rings is 1. The molecule has 0 saturated heterocycles. The van der Waals surface area contributed by atoms with E-state index in [0.29, 0.717) is 23.8 Å². The van der Waals surface area contributed by atoms with Crippen LogP contribution in [-0.2, 0) is 11.3 Å². The van der Waals surface area contributed by atoms with Crippen LogP contribution >= 0.6 is 11.8 Å². The first kappa shape index (κ1) is 20.2. The number of nitrogens with zero attached hydrogens (tertiary/aromatic N) is 2. The van der Waals surface area contributed by atoms with Crippen LogP contribution in [0.5, 0.6) is 0 Å². The Balaban J connectivity index is 1.34. The lowest BCUT2D eigenvalue weighted by Gasteiger charge is -2.12. The quantitative estimate of drug-likeness (QED) is 0.536. The van der Waals surface area contributed by atoms with Crippen molar-refractivity contribution in [2.75, 3.05) is 11.1 Å². The van der Waals surface area contributed by atoms with Gasteiger partial charge < -0.3 is 15.2 Å². The molecule has 4 rings (SSSR count). The second-order valence-corrected chi connectivity index (χ2v) is 8.34. The number of carbonyl (C=O) groups excluding carboxylic acids is 2. The van der Waals surface area contributed by atoms with Crippen LogP contribution in [0.15, 0.2) is 66.1 Å². The molecule has 2 N–H and O–H groups in total. The minimum atomic E-state index is -0.219. The van der Waals surface area contributed by atoms with E-state index in [1.54, 1.807) is 30.5 Å². The highest BCUT2D eigenvalue weighted by Crippen LogP contribution is 2.37. The van der Waals surface area contributed by atoms with E-state index in [0.717, 1.165) is 10.7 Å². The van der Waals surface area contributed by atoms with Gasteiger partial charge in [0.2, 0.25) is 5.91 Å². The molecule has 0 aliphatic heterocycles. The highest BCUT2D eigenvalue weighted by atomic mass is 32.2. The van der Waals surface area contributed by atoms with Crippen LogP contribution in [0.2, 0.25) is 0 Å². The van der Waals surface area contributed by atoms with Crippen LogP contribution in [0.25, 0.3) is 0 Å². The van der Waals surface area contributed by atoms with Crippen molar-refractivity contribution in [1.82, 2.24) is 14.9 Å². The zero-order valence-electron chi connectivity index (χ0n) is 16.8. The molecule has 6 nitrogen and oxygen atoms in total. The molecular weight excluding hydrogens is 396 g/mol. The fraction of sp³-hybridized carbons (Fsp3) is 0.261. The number of para-hydroxylation sites is 1. The standard InChI is InChI=1S/C23H24N4O2S/c1-16-6-8-17(9-7-16)14-25-22(29)19-4-2-3-5-20(19)26-21(28)15-30-23-24-12-13-27(23)18-10-11-18/h2-9,12-13,18H,10-11,14-15H2,1H3,(H,25,29)(H,26,28). The summed E-state index contributed by atoms with van der Waals surface area (Å²) in [6.07, 6.45) is 6.07. The van der Waals surface area contributed by atoms with Crippen molar-refractivity contribution in [3.8, 4) is 0 Å². The molecule has 154 valence electrons. The molecule has 1 saturated carbocycles. The molecule has 7 heteroatoms. The molecule has 1 heterocycles. The normalized spacial score (nSPS) is 13.1. The van der Waals surface area contributed by atoms with Crippen LogP contribution in [-0.4, -0.2) is 27.1 Å². The summed E-state index contributed by atoms with van der Waals surface area (Å²) in [5, 5.41) is 6.65. The number of thioether (sulfide) groups is 1. The maximum Gasteiger partial charge on any atom is 0.253 e. The minimum Gasteiger partial charge on any atom is -0.348 e. The number of anilines is 1. The van der Waals surface area contributed by atoms with Crippen molar-refractivity contribution in [1.29, 1.82) is 0 Å². The molecule has 1 aliphatic carbocycles. The largest absolute Gasteiger partial charge is 0.348 e. The molecule has 0 radical (unpaired) electrons. The zero-order valence-corrected chi connectivity index (χ0v) is 17.6. The van der Waals surface area contributed by atoms with E-state index in [4.69, 9.17) is 0 Å². The van der Waals surface area contributed by atoms with E-state index in [1.165, 1.54) is 30.2 Å². The number of carbonyl (C=O) groups is 2. The zero-order chi connectivity index (χ0) is 20.9. The summed E-state index contributed by atoms with van der Waals surface area (Å²) < 4.78 is 2.13. The molecule has 0 bridgehead atoms. The highest BCUT2D eigenvalue weighted by molar-refractivity contribution is 7.99. The number of rotatable bonds is 8. The summed E-state index contributed by atoms with van der Waals surface area (Å²) in [4.78, 5) is 29.5. The van der Waals surface area contributed by atoms with Gasteiger partial charge in [-0.1, -0.05) is 53.7 Å². The van der Waals surface area contributed by atoms with Crippen molar-refractivity contribution in [2.45, 2.75) is 37.5 Å². The first-order valence-corrected chi connectivity index (χ1v) is 11.0. The Morgan fingerprint density at radius 1 is 1.13 bits per heavy atom. The number of hydrogen-bond donors (Lipinski definition) is 2. The summed E-state index contributed by atoms with van der Waals surface area (Å²) >= 11 is 1.41. The molecule has 0 unspecified atom stereocenters. The van der Waals surface area contributed by atoms with Crippen LogP contribution in [0.1, 0.15) is 40.4 Å². The van der Waals surface area contributed by atoms with Crippen molar-refractivity contribution in [3.05, 3.63) is 77.6 Å². The van der Waals surface area contributed by atoms with Gasteiger partial charge in [-0.05, 0) is 37.5 Å². The lowest BCUT2D eigenvalue weighted by atomic mass is 10.1. The Bertz CT molecular complexity index is 1040. The van der Waals surface area contributed by atoms with Crippen molar-refractivity contribution < 1.29 is 9.59 Å². The summed E-state index contributed by atoms with van der Waals surface area (Å²) in [6, 6.07) is 15.6. The maximum absolute atomic E-state index is 12.7. The van der Waals surface area contributed by atoms with E-state index >= 15 is 0 Å². The number of benzene rings is 2. The van der Waals surface area contributed by atoms with Gasteiger partial charge in [0.25, 0.3) is 5.91 Å². The van der Waals surface area contributed by atoms with Gasteiger partial charge in [-0.15, -0.1) is 0 Å². The molecule has 2 amide bonds. The Labute approximate surface area is 180 Å². The number of nitrogens with one attached hydrogen (secondary N) is 2. The Kier molecular flexibility index (Phi) is 6.18. The van der Waals surface area contributed by atoms with E-state index in [1.807, 2.05) is 37.4 Å². The highest BCUT2D eigenvalue weighted by Gasteiger charge is 2.25. The van der Waals surface area contributed by atoms with Crippen LogP contribution in [0.3, 0.4) is 0 Å². The Morgan fingerprint density at radius 3 is 2.67 bits per heavy atom. The molecule has 0 atom stereocenters. The molecule has 1 fully saturated rings. The number of amides is 2. The predicted octanol–water partition coefficient (Wildman–Crippen LogP) is 4.19. The van der Waals surface area contributed by atoms with Gasteiger partial charge >= 0.3 is 0 Å². The first-order chi connectivity index (χ1) is 14.6. The van der Waals surface area contributed by atoms with Gasteiger partial charge in [-0.2, -0.15) is 0 Å². The average molecular weight is 421 g/mol. The lowest BCUT2D eigenvalue weighted by molar-refractivity contribution is -0.113. The van der Waals surface area contributed by atoms with Gasteiger partial charge in [0.05, 0.1) is 17.0 Å². The third-order valence-corrected chi connectivity index (χ3v) is 5.91. The summed E-state index contributed by atoms with van der Waals surface area (Å²) in [7, 11) is 0. The fourth-order valence-corrected chi connectivity index (χ4v) is 3.96. The van der Waals surface area contributed by atoms with Crippen LogP contribution in [0.4, 0.5) is 5.69 Å². The Hall–Kier alpha value is -3.06. The second-order valence-electron chi connectivity index (χ2n) is 7.40. The smallest absolute Gasteiger partial charge is 0.253 e. The number of aryl methyl sites for hydroxylation is 1. The summed E-state index contributed by atoms with van der Waals surface area (Å²) in [5.74, 6) is -0.143. The topological polar surface area (TPSA) is 76.0 Å². The molecule has 30 heavy (non-hydrogen) atoms. The molecule has 1 aliphatic rings. The van der Waals surface area contributed by atoms with Crippen LogP contribution < -0.4 is 10.6 Å². The monoisotopic (exact) mass is 420 g/mol. The first-order valence-electron chi connectivity index (χ1n) is 9.98. The lowest BCUT2D eigenvalue weighted by Crippen LogP contribution is -2.25. The molecule has 2 aromatic carbocycles. The SMILES string of the molecule is Cc1ccc(CNC(=O)c2ccccc2NC(=O)CSc2nccn2C2CC2)cc1. The van der Waals surface area contributed by atoms with Gasteiger partial charge in [-0.3, -0.25) is 9.59 Å². The third-order valence-electron chi connectivity index (χ3n) is 4.93. The fourth-order valence-electron chi connectivity index (χ4n) is 3.13. The van der Waals surface area contributed by atoms with E-state index in [2.05, 4.69) is 20.2 Å². The van der Waals surface area contributed by atoms with Crippen LogP contribution in [0, 0.1) is 6.92 Å². The summed E-state index contributed by atoms with van der Waals surface area (Å²) in [6.45, 7) is 2.46. The molecule has 3 aromatic rings. The summed E-state index contributed by atoms with van der Waals surface area (Å²) in [5.41, 5.74) is 3.16. The second kappa shape index (κ2) is 9.17. The van der Waals surface area contributed by atoms with Gasteiger partial charge in [0, 0.05) is 25.0 Å². The van der Waals surface area contributed by atoms with E-state index in [-0.39, 0.29) is 17.6 Å². The number of aromatic nitrogens is 2. The van der Waals surface area contributed by atoms with Gasteiger partial charge in [0.1, 0.15) is 0 Å². The predicted molar refractivity (Wildman–Crippen MR) is 119 cm³/mol. The van der Waals surface area contributed by atoms with Crippen molar-refractivity contribution in [3.63, 3.8) is 0 Å². The Morgan fingerprint density at radius 2 is 1.90 bits per heavy atom. The minimum absolute atomic E-state index is 0.163. The third kappa shape index (κ3) is 5.10. The van der Waals surface area contributed by atoms with Crippen molar-refractivity contribution in [2.24, 2.45) is 0 Å². The van der Waals surface area contributed by atoms with Gasteiger partial charge in [-0.25, -0.2) is 4.98 Å².